The first kappa shape index (κ1) is 16.2. The highest BCUT2D eigenvalue weighted by Gasteiger charge is 2.46. The van der Waals surface area contributed by atoms with Gasteiger partial charge in [-0.1, -0.05) is 67.9 Å². The van der Waals surface area contributed by atoms with E-state index in [0.29, 0.717) is 0 Å². The molecule has 25 heavy (non-hydrogen) atoms. The molecule has 0 saturated carbocycles. The van der Waals surface area contributed by atoms with Gasteiger partial charge in [-0.2, -0.15) is 0 Å². The first-order valence-corrected chi connectivity index (χ1v) is 9.19. The van der Waals surface area contributed by atoms with Gasteiger partial charge in [0, 0.05) is 17.6 Å². The fourth-order valence-corrected chi connectivity index (χ4v) is 4.51. The van der Waals surface area contributed by atoms with Crippen LogP contribution in [0.15, 0.2) is 66.7 Å². The summed E-state index contributed by atoms with van der Waals surface area (Å²) in [5, 5.41) is 17.7. The third kappa shape index (κ3) is 2.61. The van der Waals surface area contributed by atoms with Crippen LogP contribution in [-0.4, -0.2) is 11.1 Å². The third-order valence-electron chi connectivity index (χ3n) is 5.55. The van der Waals surface area contributed by atoms with Crippen molar-refractivity contribution in [2.75, 3.05) is 5.32 Å². The van der Waals surface area contributed by atoms with E-state index in [1.807, 2.05) is 25.1 Å². The average molecular weight is 331 g/mol. The molecule has 0 amide bonds. The molecule has 3 atom stereocenters. The van der Waals surface area contributed by atoms with Crippen molar-refractivity contribution in [2.24, 2.45) is 0 Å². The van der Waals surface area contributed by atoms with E-state index >= 15 is 0 Å². The Bertz CT molecular complexity index is 880. The number of para-hydroxylation sites is 1. The molecule has 0 aromatic heterocycles. The highest BCUT2D eigenvalue weighted by atomic mass is 16.3. The molecule has 4 rings (SSSR count). The van der Waals surface area contributed by atoms with E-state index in [9.17, 15) is 5.11 Å². The summed E-state index contributed by atoms with van der Waals surface area (Å²) in [4.78, 5) is 0. The number of aliphatic hydroxyl groups is 1. The lowest BCUT2D eigenvalue weighted by atomic mass is 9.79. The molecule has 0 aliphatic heterocycles. The van der Waals surface area contributed by atoms with Gasteiger partial charge in [-0.3, -0.25) is 0 Å². The van der Waals surface area contributed by atoms with Gasteiger partial charge in [0.15, 0.2) is 0 Å². The minimum absolute atomic E-state index is 0.0359. The van der Waals surface area contributed by atoms with Crippen LogP contribution in [0.3, 0.4) is 0 Å². The third-order valence-corrected chi connectivity index (χ3v) is 5.55. The number of hydrogen-bond acceptors (Lipinski definition) is 2. The van der Waals surface area contributed by atoms with Crippen LogP contribution in [0.5, 0.6) is 0 Å². The van der Waals surface area contributed by atoms with E-state index < -0.39 is 5.60 Å². The molecule has 0 bridgehead atoms. The first-order valence-electron chi connectivity index (χ1n) is 9.19. The maximum absolute atomic E-state index is 11.5. The molecule has 1 aliphatic rings. The SMILES string of the molecule is CCC[C@@H](Nc1ccccc1)[C@H]1c2cccc3cccc(c23)[C@]1(C)O. The largest absolute Gasteiger partial charge is 0.385 e. The van der Waals surface area contributed by atoms with Crippen LogP contribution in [0, 0.1) is 0 Å². The monoisotopic (exact) mass is 331 g/mol. The van der Waals surface area contributed by atoms with E-state index in [2.05, 4.69) is 60.8 Å². The normalized spacial score (nSPS) is 22.9. The van der Waals surface area contributed by atoms with Crippen molar-refractivity contribution in [3.63, 3.8) is 0 Å². The van der Waals surface area contributed by atoms with Crippen molar-refractivity contribution in [3.05, 3.63) is 77.9 Å². The van der Waals surface area contributed by atoms with Crippen LogP contribution in [0.2, 0.25) is 0 Å². The van der Waals surface area contributed by atoms with Crippen LogP contribution in [0.25, 0.3) is 10.8 Å². The Morgan fingerprint density at radius 3 is 2.44 bits per heavy atom. The van der Waals surface area contributed by atoms with Crippen LogP contribution in [-0.2, 0) is 5.60 Å². The second-order valence-corrected chi connectivity index (χ2v) is 7.28. The Morgan fingerprint density at radius 1 is 1.00 bits per heavy atom. The van der Waals surface area contributed by atoms with Gasteiger partial charge in [-0.05, 0) is 47.4 Å². The molecule has 0 heterocycles. The minimum Gasteiger partial charge on any atom is -0.385 e. The number of benzene rings is 3. The Morgan fingerprint density at radius 2 is 1.72 bits per heavy atom. The fraction of sp³-hybridized carbons (Fsp3) is 0.304. The van der Waals surface area contributed by atoms with Crippen molar-refractivity contribution in [3.8, 4) is 0 Å². The van der Waals surface area contributed by atoms with Gasteiger partial charge < -0.3 is 10.4 Å². The molecule has 2 heteroatoms. The molecular formula is C23H25NO. The number of anilines is 1. The highest BCUT2D eigenvalue weighted by Crippen LogP contribution is 2.51. The summed E-state index contributed by atoms with van der Waals surface area (Å²) < 4.78 is 0. The number of hydrogen-bond donors (Lipinski definition) is 2. The molecule has 0 fully saturated rings. The Labute approximate surface area is 149 Å². The van der Waals surface area contributed by atoms with E-state index in [1.165, 1.54) is 16.3 Å². The molecule has 128 valence electrons. The van der Waals surface area contributed by atoms with Crippen molar-refractivity contribution < 1.29 is 5.11 Å². The van der Waals surface area contributed by atoms with Crippen LogP contribution in [0.4, 0.5) is 5.69 Å². The molecular weight excluding hydrogens is 306 g/mol. The van der Waals surface area contributed by atoms with E-state index in [1.54, 1.807) is 0 Å². The smallest absolute Gasteiger partial charge is 0.0962 e. The van der Waals surface area contributed by atoms with Gasteiger partial charge in [0.05, 0.1) is 5.60 Å². The van der Waals surface area contributed by atoms with Gasteiger partial charge in [-0.15, -0.1) is 0 Å². The van der Waals surface area contributed by atoms with E-state index in [0.717, 1.165) is 24.1 Å². The first-order chi connectivity index (χ1) is 12.1. The summed E-state index contributed by atoms with van der Waals surface area (Å²) in [5.74, 6) is 0.0359. The van der Waals surface area contributed by atoms with Crippen LogP contribution in [0.1, 0.15) is 43.7 Å². The van der Waals surface area contributed by atoms with Gasteiger partial charge >= 0.3 is 0 Å². The Balaban J connectivity index is 1.81. The van der Waals surface area contributed by atoms with E-state index in [-0.39, 0.29) is 12.0 Å². The quantitative estimate of drug-likeness (QED) is 0.654. The number of nitrogens with one attached hydrogen (secondary N) is 1. The molecule has 2 nitrogen and oxygen atoms in total. The Kier molecular flexibility index (Phi) is 4.01. The van der Waals surface area contributed by atoms with Gasteiger partial charge in [0.1, 0.15) is 0 Å². The zero-order valence-corrected chi connectivity index (χ0v) is 14.9. The average Bonchev–Trinajstić information content (AvgIpc) is 2.85. The summed E-state index contributed by atoms with van der Waals surface area (Å²) >= 11 is 0. The summed E-state index contributed by atoms with van der Waals surface area (Å²) in [5.41, 5.74) is 2.56. The van der Waals surface area contributed by atoms with Gasteiger partial charge in [-0.25, -0.2) is 0 Å². The summed E-state index contributed by atoms with van der Waals surface area (Å²) in [6.45, 7) is 4.18. The molecule has 0 saturated heterocycles. The lowest BCUT2D eigenvalue weighted by Crippen LogP contribution is -2.38. The second-order valence-electron chi connectivity index (χ2n) is 7.28. The second kappa shape index (κ2) is 6.20. The zero-order chi connectivity index (χ0) is 17.4. The molecule has 1 aliphatic carbocycles. The predicted octanol–water partition coefficient (Wildman–Crippen LogP) is 5.43. The molecule has 3 aromatic rings. The highest BCUT2D eigenvalue weighted by molar-refractivity contribution is 5.93. The summed E-state index contributed by atoms with van der Waals surface area (Å²) in [7, 11) is 0. The Hall–Kier alpha value is -2.32. The molecule has 0 unspecified atom stereocenters. The number of rotatable bonds is 5. The van der Waals surface area contributed by atoms with E-state index in [4.69, 9.17) is 0 Å². The van der Waals surface area contributed by atoms with Crippen LogP contribution < -0.4 is 5.32 Å². The molecule has 3 aromatic carbocycles. The standard InChI is InChI=1S/C23H25NO/c1-3-9-20(24-17-12-5-4-6-13-17)22-18-14-7-10-16-11-8-15-19(21(16)18)23(22,2)25/h4-8,10-15,20,22,24-25H,3,9H2,1-2H3/t20-,22-,23+/m1/s1. The lowest BCUT2D eigenvalue weighted by molar-refractivity contribution is 0.0264. The topological polar surface area (TPSA) is 32.3 Å². The van der Waals surface area contributed by atoms with Crippen molar-refractivity contribution in [1.29, 1.82) is 0 Å². The molecule has 2 N–H and O–H groups in total. The molecule has 0 spiro atoms. The molecule has 0 radical (unpaired) electrons. The van der Waals surface area contributed by atoms with Crippen molar-refractivity contribution >= 4 is 16.5 Å². The van der Waals surface area contributed by atoms with Gasteiger partial charge in [0.25, 0.3) is 0 Å². The maximum Gasteiger partial charge on any atom is 0.0962 e. The lowest BCUT2D eigenvalue weighted by Gasteiger charge is -2.35. The summed E-state index contributed by atoms with van der Waals surface area (Å²) in [6.07, 6.45) is 2.09. The van der Waals surface area contributed by atoms with Gasteiger partial charge in [0.2, 0.25) is 0 Å². The summed E-state index contributed by atoms with van der Waals surface area (Å²) in [6, 6.07) is 23.2. The van der Waals surface area contributed by atoms with Crippen LogP contribution >= 0.6 is 0 Å². The zero-order valence-electron chi connectivity index (χ0n) is 14.9. The minimum atomic E-state index is -0.870. The van der Waals surface area contributed by atoms with Crippen molar-refractivity contribution in [1.82, 2.24) is 0 Å². The fourth-order valence-electron chi connectivity index (χ4n) is 4.51. The van der Waals surface area contributed by atoms with Crippen molar-refractivity contribution in [2.45, 2.75) is 44.2 Å². The predicted molar refractivity (Wildman–Crippen MR) is 105 cm³/mol. The maximum atomic E-state index is 11.5.